The van der Waals surface area contributed by atoms with E-state index in [1.165, 1.54) is 11.1 Å². The Labute approximate surface area is 189 Å². The van der Waals surface area contributed by atoms with E-state index < -0.39 is 0 Å². The maximum atomic E-state index is 13.6. The highest BCUT2D eigenvalue weighted by Gasteiger charge is 2.66. The lowest BCUT2D eigenvalue weighted by molar-refractivity contribution is -0.120. The van der Waals surface area contributed by atoms with Crippen molar-refractivity contribution < 1.29 is 9.53 Å². The van der Waals surface area contributed by atoms with Crippen molar-refractivity contribution in [3.05, 3.63) is 64.7 Å². The molecule has 1 N–H and O–H groups in total. The molecular weight excluding hydrogens is 410 g/mol. The molecule has 0 bridgehead atoms. The number of amides is 1. The van der Waals surface area contributed by atoms with E-state index in [4.69, 9.17) is 16.3 Å². The minimum Gasteiger partial charge on any atom is -0.379 e. The summed E-state index contributed by atoms with van der Waals surface area (Å²) >= 11 is 6.07. The molecule has 2 atom stereocenters. The van der Waals surface area contributed by atoms with Crippen molar-refractivity contribution in [2.45, 2.75) is 24.2 Å². The molecule has 164 valence electrons. The number of rotatable bonds is 8. The first-order valence-corrected chi connectivity index (χ1v) is 11.8. The third-order valence-corrected chi connectivity index (χ3v) is 7.23. The van der Waals surface area contributed by atoms with Crippen LogP contribution in [0.5, 0.6) is 0 Å². The van der Waals surface area contributed by atoms with Crippen LogP contribution in [0.2, 0.25) is 5.02 Å². The summed E-state index contributed by atoms with van der Waals surface area (Å²) in [5, 5.41) is 4.27. The number of hydrogen-bond acceptors (Lipinski definition) is 4. The fourth-order valence-corrected chi connectivity index (χ4v) is 5.36. The maximum Gasteiger partial charge on any atom is 0.238 e. The first-order valence-electron chi connectivity index (χ1n) is 11.4. The number of halogens is 1. The van der Waals surface area contributed by atoms with Crippen molar-refractivity contribution in [3.8, 4) is 0 Å². The molecule has 1 aliphatic carbocycles. The molecule has 6 heteroatoms. The lowest BCUT2D eigenvalue weighted by Crippen LogP contribution is -2.39. The second-order valence-corrected chi connectivity index (χ2v) is 9.25. The zero-order chi connectivity index (χ0) is 21.3. The first-order chi connectivity index (χ1) is 15.2. The molecule has 31 heavy (non-hydrogen) atoms. The molecule has 0 unspecified atom stereocenters. The summed E-state index contributed by atoms with van der Waals surface area (Å²) in [6.45, 7) is 7.37. The van der Waals surface area contributed by atoms with Crippen molar-refractivity contribution in [1.29, 1.82) is 0 Å². The molecule has 3 aliphatic rings. The van der Waals surface area contributed by atoms with Gasteiger partial charge in [-0.1, -0.05) is 41.9 Å². The number of carbonyl (C=O) groups excluding carboxylic acids is 1. The third kappa shape index (κ3) is 4.00. The predicted octanol–water partition coefficient (Wildman–Crippen LogP) is 3.42. The van der Waals surface area contributed by atoms with Gasteiger partial charge in [-0.05, 0) is 55.3 Å². The van der Waals surface area contributed by atoms with Crippen molar-refractivity contribution in [2.24, 2.45) is 0 Å². The average Bonchev–Trinajstić information content (AvgIpc) is 3.51. The van der Waals surface area contributed by atoms with Gasteiger partial charge in [0.1, 0.15) is 0 Å². The van der Waals surface area contributed by atoms with Crippen LogP contribution in [0.15, 0.2) is 48.5 Å². The van der Waals surface area contributed by atoms with Crippen LogP contribution in [0.4, 0.5) is 5.69 Å². The molecule has 2 fully saturated rings. The van der Waals surface area contributed by atoms with Crippen LogP contribution >= 0.6 is 11.6 Å². The number of fused-ring (bicyclic) bond motifs is 2. The van der Waals surface area contributed by atoms with Gasteiger partial charge in [0.2, 0.25) is 5.91 Å². The second kappa shape index (κ2) is 8.91. The normalized spacial score (nSPS) is 25.3. The Morgan fingerprint density at radius 1 is 1.03 bits per heavy atom. The first kappa shape index (κ1) is 21.0. The molecule has 2 aromatic rings. The summed E-state index contributed by atoms with van der Waals surface area (Å²) in [6, 6.07) is 16.3. The Hall–Kier alpha value is -1.92. The van der Waals surface area contributed by atoms with Crippen LogP contribution in [0, 0.1) is 0 Å². The van der Waals surface area contributed by atoms with Crippen molar-refractivity contribution in [2.75, 3.05) is 57.4 Å². The Kier molecular flexibility index (Phi) is 6.02. The molecule has 1 saturated heterocycles. The van der Waals surface area contributed by atoms with E-state index in [2.05, 4.69) is 40.5 Å². The van der Waals surface area contributed by atoms with Crippen molar-refractivity contribution in [1.82, 2.24) is 10.2 Å². The van der Waals surface area contributed by atoms with E-state index in [0.717, 1.165) is 69.5 Å². The molecule has 1 spiro atoms. The highest BCUT2D eigenvalue weighted by molar-refractivity contribution is 6.30. The van der Waals surface area contributed by atoms with Gasteiger partial charge in [-0.15, -0.1) is 0 Å². The highest BCUT2D eigenvalue weighted by Crippen LogP contribution is 2.66. The zero-order valence-corrected chi connectivity index (χ0v) is 18.6. The molecule has 1 amide bonds. The van der Waals surface area contributed by atoms with Crippen molar-refractivity contribution >= 4 is 23.2 Å². The maximum absolute atomic E-state index is 13.6. The Morgan fingerprint density at radius 3 is 2.61 bits per heavy atom. The number of nitrogens with one attached hydrogen (secondary N) is 1. The SMILES string of the molecule is O=C1N(CCNCCCN2CCOCC2)c2ccccc2[C@@]12C[C@@H]2c1ccc(Cl)cc1. The molecule has 5 rings (SSSR count). The van der Waals surface area contributed by atoms with Crippen molar-refractivity contribution in [3.63, 3.8) is 0 Å². The summed E-state index contributed by atoms with van der Waals surface area (Å²) < 4.78 is 5.40. The summed E-state index contributed by atoms with van der Waals surface area (Å²) in [4.78, 5) is 18.0. The number of para-hydroxylation sites is 1. The monoisotopic (exact) mass is 439 g/mol. The Bertz CT molecular complexity index is 929. The molecule has 1 saturated carbocycles. The highest BCUT2D eigenvalue weighted by atomic mass is 35.5. The fourth-order valence-electron chi connectivity index (χ4n) is 5.24. The largest absolute Gasteiger partial charge is 0.379 e. The van der Waals surface area contributed by atoms with Gasteiger partial charge in [0.25, 0.3) is 0 Å². The van der Waals surface area contributed by atoms with E-state index in [0.29, 0.717) is 6.54 Å². The van der Waals surface area contributed by atoms with Gasteiger partial charge < -0.3 is 15.0 Å². The number of nitrogens with zero attached hydrogens (tertiary/aromatic N) is 2. The fraction of sp³-hybridized carbons (Fsp3) is 0.480. The van der Waals surface area contributed by atoms with Crippen LogP contribution in [0.1, 0.15) is 29.9 Å². The lowest BCUT2D eigenvalue weighted by atomic mass is 9.92. The summed E-state index contributed by atoms with van der Waals surface area (Å²) in [5.41, 5.74) is 3.09. The molecule has 0 aromatic heterocycles. The number of benzene rings is 2. The van der Waals surface area contributed by atoms with Gasteiger partial charge in [-0.3, -0.25) is 9.69 Å². The Balaban J connectivity index is 1.19. The van der Waals surface area contributed by atoms with E-state index in [1.54, 1.807) is 0 Å². The van der Waals surface area contributed by atoms with E-state index in [9.17, 15) is 4.79 Å². The van der Waals surface area contributed by atoms with E-state index >= 15 is 0 Å². The number of anilines is 1. The van der Waals surface area contributed by atoms with E-state index in [-0.39, 0.29) is 17.2 Å². The quantitative estimate of drug-likeness (QED) is 0.640. The summed E-state index contributed by atoms with van der Waals surface area (Å²) in [5.74, 6) is 0.494. The van der Waals surface area contributed by atoms with Crippen LogP contribution in [0.25, 0.3) is 0 Å². The lowest BCUT2D eigenvalue weighted by Gasteiger charge is -2.26. The second-order valence-electron chi connectivity index (χ2n) is 8.81. The minimum atomic E-state index is -0.388. The van der Waals surface area contributed by atoms with Gasteiger partial charge >= 0.3 is 0 Å². The molecule has 2 aliphatic heterocycles. The smallest absolute Gasteiger partial charge is 0.238 e. The van der Waals surface area contributed by atoms with Crippen LogP contribution < -0.4 is 10.2 Å². The predicted molar refractivity (Wildman–Crippen MR) is 124 cm³/mol. The molecular formula is C25H30ClN3O2. The van der Waals surface area contributed by atoms with Gasteiger partial charge in [-0.2, -0.15) is 0 Å². The molecule has 5 nitrogen and oxygen atoms in total. The standard InChI is InChI=1S/C25H30ClN3O2/c26-20-8-6-19(7-9-20)22-18-25(22)21-4-1-2-5-23(21)29(24(25)30)13-11-27-10-3-12-28-14-16-31-17-15-28/h1-2,4-9,22,27H,3,10-18H2/t22-,25-/m1/s1. The average molecular weight is 440 g/mol. The van der Waals surface area contributed by atoms with Crippen LogP contribution in [-0.2, 0) is 14.9 Å². The van der Waals surface area contributed by atoms with Gasteiger partial charge in [0.15, 0.2) is 0 Å². The number of hydrogen-bond donors (Lipinski definition) is 1. The van der Waals surface area contributed by atoms with Gasteiger partial charge in [0.05, 0.1) is 18.6 Å². The minimum absolute atomic E-state index is 0.241. The molecule has 2 heterocycles. The number of ether oxygens (including phenoxy) is 1. The Morgan fingerprint density at radius 2 is 1.81 bits per heavy atom. The van der Waals surface area contributed by atoms with E-state index in [1.807, 2.05) is 23.1 Å². The number of morpholine rings is 1. The summed E-state index contributed by atoms with van der Waals surface area (Å²) in [6.07, 6.45) is 2.00. The third-order valence-electron chi connectivity index (χ3n) is 6.98. The zero-order valence-electron chi connectivity index (χ0n) is 17.9. The molecule has 2 aromatic carbocycles. The topological polar surface area (TPSA) is 44.8 Å². The molecule has 0 radical (unpaired) electrons. The number of carbonyl (C=O) groups is 1. The van der Waals surface area contributed by atoms with Gasteiger partial charge in [-0.25, -0.2) is 0 Å². The van der Waals surface area contributed by atoms with Crippen LogP contribution in [-0.4, -0.2) is 63.3 Å². The van der Waals surface area contributed by atoms with Crippen LogP contribution in [0.3, 0.4) is 0 Å². The summed E-state index contributed by atoms with van der Waals surface area (Å²) in [7, 11) is 0. The van der Waals surface area contributed by atoms with Gasteiger partial charge in [0, 0.05) is 42.8 Å².